The number of nitrogens with two attached hydrogens (primary N) is 1. The Morgan fingerprint density at radius 3 is 2.71 bits per heavy atom. The van der Waals surface area contributed by atoms with Crippen LogP contribution in [0.25, 0.3) is 0 Å². The smallest absolute Gasteiger partial charge is 0.224 e. The molecule has 1 atom stereocenters. The molecule has 0 spiro atoms. The third kappa shape index (κ3) is 2.84. The van der Waals surface area contributed by atoms with E-state index in [0.29, 0.717) is 5.88 Å². The minimum Gasteiger partial charge on any atom is -0.437 e. The fourth-order valence-corrected chi connectivity index (χ4v) is 1.83. The monoisotopic (exact) mass is 292 g/mol. The largest absolute Gasteiger partial charge is 0.437 e. The zero-order chi connectivity index (χ0) is 12.3. The lowest BCUT2D eigenvalue weighted by molar-refractivity contribution is 0.449. The van der Waals surface area contributed by atoms with Gasteiger partial charge in [0.05, 0.1) is 4.47 Å². The maximum Gasteiger partial charge on any atom is 0.224 e. The number of hydrogen-bond donors (Lipinski definition) is 1. The zero-order valence-electron chi connectivity index (χ0n) is 9.43. The van der Waals surface area contributed by atoms with Gasteiger partial charge in [-0.1, -0.05) is 18.2 Å². The summed E-state index contributed by atoms with van der Waals surface area (Å²) in [5.41, 5.74) is 6.77. The first-order valence-electron chi connectivity index (χ1n) is 5.31. The van der Waals surface area contributed by atoms with Crippen molar-refractivity contribution in [1.82, 2.24) is 4.98 Å². The highest BCUT2D eigenvalue weighted by atomic mass is 79.9. The molecule has 88 valence electrons. The number of para-hydroxylation sites is 1. The molecular weight excluding hydrogens is 280 g/mol. The number of ether oxygens (including phenoxy) is 1. The number of aromatic nitrogens is 1. The van der Waals surface area contributed by atoms with Crippen molar-refractivity contribution in [1.29, 1.82) is 0 Å². The number of hydrogen-bond acceptors (Lipinski definition) is 3. The number of nitrogens with zero attached hydrogens (tertiary/aromatic N) is 1. The van der Waals surface area contributed by atoms with Crippen LogP contribution < -0.4 is 10.5 Å². The van der Waals surface area contributed by atoms with Crippen LogP contribution in [0, 0.1) is 0 Å². The van der Waals surface area contributed by atoms with Gasteiger partial charge in [-0.25, -0.2) is 4.98 Å². The van der Waals surface area contributed by atoms with Crippen molar-refractivity contribution >= 4 is 15.9 Å². The average Bonchev–Trinajstić information content (AvgIpc) is 2.32. The van der Waals surface area contributed by atoms with E-state index < -0.39 is 0 Å². The Hall–Kier alpha value is -1.39. The standard InChI is InChI=1S/C13H13BrN2O/c1-9(15)10-5-4-8-16-13(10)17-12-7-3-2-6-11(12)14/h2-9H,15H2,1H3/t9-/m1/s1. The van der Waals surface area contributed by atoms with Gasteiger partial charge < -0.3 is 10.5 Å². The van der Waals surface area contributed by atoms with Crippen LogP contribution in [-0.4, -0.2) is 4.98 Å². The van der Waals surface area contributed by atoms with Gasteiger partial charge in [-0.15, -0.1) is 0 Å². The second kappa shape index (κ2) is 5.29. The first-order valence-corrected chi connectivity index (χ1v) is 6.10. The second-order valence-corrected chi connectivity index (χ2v) is 4.57. The normalized spacial score (nSPS) is 12.2. The van der Waals surface area contributed by atoms with Crippen molar-refractivity contribution in [3.05, 3.63) is 52.6 Å². The molecule has 0 saturated carbocycles. The summed E-state index contributed by atoms with van der Waals surface area (Å²) in [6.07, 6.45) is 1.69. The molecule has 0 aliphatic rings. The molecule has 0 bridgehead atoms. The Balaban J connectivity index is 2.34. The van der Waals surface area contributed by atoms with E-state index in [1.165, 1.54) is 0 Å². The third-order valence-corrected chi connectivity index (χ3v) is 2.99. The molecule has 0 aliphatic carbocycles. The van der Waals surface area contributed by atoms with Crippen molar-refractivity contribution in [2.45, 2.75) is 13.0 Å². The molecule has 3 nitrogen and oxygen atoms in total. The summed E-state index contributed by atoms with van der Waals surface area (Å²) in [4.78, 5) is 4.21. The quantitative estimate of drug-likeness (QED) is 0.939. The molecular formula is C13H13BrN2O. The lowest BCUT2D eigenvalue weighted by Gasteiger charge is -2.12. The van der Waals surface area contributed by atoms with Crippen LogP contribution in [0.1, 0.15) is 18.5 Å². The van der Waals surface area contributed by atoms with Crippen molar-refractivity contribution in [3.8, 4) is 11.6 Å². The van der Waals surface area contributed by atoms with Gasteiger partial charge in [0.15, 0.2) is 0 Å². The summed E-state index contributed by atoms with van der Waals surface area (Å²) in [6, 6.07) is 11.3. The number of rotatable bonds is 3. The SMILES string of the molecule is C[C@@H](N)c1cccnc1Oc1ccccc1Br. The molecule has 0 saturated heterocycles. The Morgan fingerprint density at radius 1 is 1.24 bits per heavy atom. The van der Waals surface area contributed by atoms with Gasteiger partial charge in [0, 0.05) is 17.8 Å². The average molecular weight is 293 g/mol. The van der Waals surface area contributed by atoms with E-state index in [1.807, 2.05) is 43.3 Å². The van der Waals surface area contributed by atoms with Gasteiger partial charge in [-0.05, 0) is 41.1 Å². The fraction of sp³-hybridized carbons (Fsp3) is 0.154. The van der Waals surface area contributed by atoms with E-state index in [9.17, 15) is 0 Å². The van der Waals surface area contributed by atoms with E-state index in [2.05, 4.69) is 20.9 Å². The molecule has 0 amide bonds. The summed E-state index contributed by atoms with van der Waals surface area (Å²) in [7, 11) is 0. The van der Waals surface area contributed by atoms with Crippen molar-refractivity contribution in [2.24, 2.45) is 5.73 Å². The molecule has 2 rings (SSSR count). The molecule has 0 radical (unpaired) electrons. The summed E-state index contributed by atoms with van der Waals surface area (Å²) in [6.45, 7) is 1.91. The molecule has 2 aromatic rings. The second-order valence-electron chi connectivity index (χ2n) is 3.72. The van der Waals surface area contributed by atoms with Gasteiger partial charge in [0.1, 0.15) is 5.75 Å². The van der Waals surface area contributed by atoms with Crippen LogP contribution >= 0.6 is 15.9 Å². The molecule has 4 heteroatoms. The first kappa shape index (κ1) is 12.1. The van der Waals surface area contributed by atoms with Crippen LogP contribution in [0.5, 0.6) is 11.6 Å². The maximum absolute atomic E-state index is 5.87. The highest BCUT2D eigenvalue weighted by Gasteiger charge is 2.10. The van der Waals surface area contributed by atoms with E-state index >= 15 is 0 Å². The topological polar surface area (TPSA) is 48.1 Å². The van der Waals surface area contributed by atoms with Gasteiger partial charge in [-0.3, -0.25) is 0 Å². The molecule has 17 heavy (non-hydrogen) atoms. The molecule has 0 fully saturated rings. The van der Waals surface area contributed by atoms with Crippen LogP contribution in [0.3, 0.4) is 0 Å². The summed E-state index contributed by atoms with van der Waals surface area (Å²) in [5.74, 6) is 1.28. The van der Waals surface area contributed by atoms with Crippen LogP contribution in [0.4, 0.5) is 0 Å². The minimum atomic E-state index is -0.110. The van der Waals surface area contributed by atoms with Gasteiger partial charge in [0.2, 0.25) is 5.88 Å². The van der Waals surface area contributed by atoms with Crippen LogP contribution in [0.15, 0.2) is 47.1 Å². The third-order valence-electron chi connectivity index (χ3n) is 2.33. The highest BCUT2D eigenvalue weighted by Crippen LogP contribution is 2.31. The Morgan fingerprint density at radius 2 is 2.00 bits per heavy atom. The van der Waals surface area contributed by atoms with Crippen LogP contribution in [0.2, 0.25) is 0 Å². The van der Waals surface area contributed by atoms with Gasteiger partial charge in [0.25, 0.3) is 0 Å². The van der Waals surface area contributed by atoms with Gasteiger partial charge >= 0.3 is 0 Å². The number of halogens is 1. The molecule has 1 heterocycles. The summed E-state index contributed by atoms with van der Waals surface area (Å²) < 4.78 is 6.65. The Bertz CT molecular complexity index is 514. The maximum atomic E-state index is 5.87. The van der Waals surface area contributed by atoms with Gasteiger partial charge in [-0.2, -0.15) is 0 Å². The fourth-order valence-electron chi connectivity index (χ4n) is 1.47. The van der Waals surface area contributed by atoms with E-state index in [-0.39, 0.29) is 6.04 Å². The lowest BCUT2D eigenvalue weighted by Crippen LogP contribution is -2.07. The first-order chi connectivity index (χ1) is 8.18. The highest BCUT2D eigenvalue weighted by molar-refractivity contribution is 9.10. The predicted octanol–water partition coefficient (Wildman–Crippen LogP) is 3.66. The molecule has 1 aromatic carbocycles. The summed E-state index contributed by atoms with van der Waals surface area (Å²) in [5, 5.41) is 0. The lowest BCUT2D eigenvalue weighted by atomic mass is 10.1. The molecule has 0 aliphatic heterocycles. The number of benzene rings is 1. The Labute approximate surface area is 109 Å². The van der Waals surface area contributed by atoms with E-state index in [4.69, 9.17) is 10.5 Å². The predicted molar refractivity (Wildman–Crippen MR) is 71.1 cm³/mol. The van der Waals surface area contributed by atoms with E-state index in [1.54, 1.807) is 6.20 Å². The number of pyridine rings is 1. The Kier molecular flexibility index (Phi) is 3.76. The van der Waals surface area contributed by atoms with Crippen molar-refractivity contribution < 1.29 is 4.74 Å². The summed E-state index contributed by atoms with van der Waals surface area (Å²) >= 11 is 3.43. The zero-order valence-corrected chi connectivity index (χ0v) is 11.0. The van der Waals surface area contributed by atoms with E-state index in [0.717, 1.165) is 15.8 Å². The minimum absolute atomic E-state index is 0.110. The molecule has 0 unspecified atom stereocenters. The molecule has 1 aromatic heterocycles. The van der Waals surface area contributed by atoms with Crippen molar-refractivity contribution in [2.75, 3.05) is 0 Å². The van der Waals surface area contributed by atoms with Crippen LogP contribution in [-0.2, 0) is 0 Å². The molecule has 2 N–H and O–H groups in total. The van der Waals surface area contributed by atoms with Crippen molar-refractivity contribution in [3.63, 3.8) is 0 Å².